The fourth-order valence-electron chi connectivity index (χ4n) is 3.06. The first kappa shape index (κ1) is 17.4. The van der Waals surface area contributed by atoms with E-state index in [9.17, 15) is 5.11 Å². The molecule has 0 aromatic carbocycles. The van der Waals surface area contributed by atoms with Gasteiger partial charge in [-0.3, -0.25) is 0 Å². The molecule has 9 heteroatoms. The van der Waals surface area contributed by atoms with Crippen LogP contribution in [0, 0.1) is 6.92 Å². The molecule has 26 heavy (non-hydrogen) atoms. The number of anilines is 3. The van der Waals surface area contributed by atoms with Crippen LogP contribution < -0.4 is 10.6 Å². The third kappa shape index (κ3) is 4.03. The van der Waals surface area contributed by atoms with Gasteiger partial charge in [0.2, 0.25) is 5.95 Å². The van der Waals surface area contributed by atoms with E-state index >= 15 is 0 Å². The number of thiazole rings is 1. The quantitative estimate of drug-likeness (QED) is 0.581. The van der Waals surface area contributed by atoms with Crippen LogP contribution in [0.2, 0.25) is 5.15 Å². The maximum atomic E-state index is 9.63. The number of halogens is 1. The van der Waals surface area contributed by atoms with Crippen molar-refractivity contribution in [2.75, 3.05) is 10.6 Å². The number of aromatic nitrogens is 4. The third-order valence-corrected chi connectivity index (χ3v) is 5.43. The van der Waals surface area contributed by atoms with Gasteiger partial charge in [0.25, 0.3) is 0 Å². The Kier molecular flexibility index (Phi) is 4.88. The molecular weight excluding hydrogens is 372 g/mol. The Bertz CT molecular complexity index is 925. The van der Waals surface area contributed by atoms with Gasteiger partial charge in [-0.05, 0) is 44.7 Å². The van der Waals surface area contributed by atoms with Crippen LogP contribution in [0.1, 0.15) is 31.4 Å². The largest absolute Gasteiger partial charge is 0.393 e. The summed E-state index contributed by atoms with van der Waals surface area (Å²) in [4.78, 5) is 18.6. The molecule has 7 nitrogen and oxygen atoms in total. The Hall–Kier alpha value is -2.03. The number of pyridine rings is 1. The monoisotopic (exact) mass is 390 g/mol. The lowest BCUT2D eigenvalue weighted by Crippen LogP contribution is -2.29. The van der Waals surface area contributed by atoms with Crippen LogP contribution in [0.25, 0.3) is 10.3 Å². The second-order valence-corrected chi connectivity index (χ2v) is 7.83. The number of nitrogens with zero attached hydrogens (tertiary/aromatic N) is 4. The number of rotatable bonds is 4. The van der Waals surface area contributed by atoms with Crippen molar-refractivity contribution in [1.82, 2.24) is 19.9 Å². The third-order valence-electron chi connectivity index (χ3n) is 4.34. The second-order valence-electron chi connectivity index (χ2n) is 6.47. The van der Waals surface area contributed by atoms with E-state index < -0.39 is 0 Å². The van der Waals surface area contributed by atoms with Crippen LogP contribution >= 0.6 is 22.9 Å². The lowest BCUT2D eigenvalue weighted by Gasteiger charge is -2.26. The minimum Gasteiger partial charge on any atom is -0.393 e. The van der Waals surface area contributed by atoms with Crippen molar-refractivity contribution in [2.45, 2.75) is 44.8 Å². The summed E-state index contributed by atoms with van der Waals surface area (Å²) in [6.45, 7) is 1.93. The molecular formula is C17H19ClN6OS. The molecule has 0 spiro atoms. The molecule has 3 heterocycles. The summed E-state index contributed by atoms with van der Waals surface area (Å²) in [5.41, 5.74) is 1.66. The van der Waals surface area contributed by atoms with Crippen LogP contribution in [0.5, 0.6) is 0 Å². The van der Waals surface area contributed by atoms with E-state index in [1.54, 1.807) is 6.07 Å². The van der Waals surface area contributed by atoms with Gasteiger partial charge < -0.3 is 15.7 Å². The fraction of sp³-hybridized carbons (Fsp3) is 0.412. The number of nitrogens with one attached hydrogen (secondary N) is 2. The van der Waals surface area contributed by atoms with Crippen molar-refractivity contribution in [3.05, 3.63) is 29.0 Å². The number of hydrogen-bond acceptors (Lipinski definition) is 8. The highest BCUT2D eigenvalue weighted by atomic mass is 35.5. The summed E-state index contributed by atoms with van der Waals surface area (Å²) < 4.78 is 0. The molecule has 3 aromatic heterocycles. The Morgan fingerprint density at radius 3 is 2.73 bits per heavy atom. The average molecular weight is 391 g/mol. The average Bonchev–Trinajstić information content (AvgIpc) is 2.97. The summed E-state index contributed by atoms with van der Waals surface area (Å²) in [6.07, 6.45) is 3.30. The van der Waals surface area contributed by atoms with E-state index in [-0.39, 0.29) is 6.10 Å². The van der Waals surface area contributed by atoms with Gasteiger partial charge in [0, 0.05) is 17.8 Å². The molecule has 0 unspecified atom stereocenters. The number of hydrogen-bond donors (Lipinski definition) is 3. The maximum absolute atomic E-state index is 9.63. The zero-order valence-corrected chi connectivity index (χ0v) is 15.8. The molecule has 3 aromatic rings. The Labute approximate surface area is 159 Å². The summed E-state index contributed by atoms with van der Waals surface area (Å²) >= 11 is 7.36. The van der Waals surface area contributed by atoms with Crippen LogP contribution in [-0.4, -0.2) is 37.2 Å². The van der Waals surface area contributed by atoms with E-state index in [0.717, 1.165) is 41.7 Å². The predicted molar refractivity (Wildman–Crippen MR) is 104 cm³/mol. The van der Waals surface area contributed by atoms with Crippen molar-refractivity contribution in [3.63, 3.8) is 0 Å². The number of fused-ring (bicyclic) bond motifs is 1. The van der Waals surface area contributed by atoms with Gasteiger partial charge in [0.05, 0.1) is 6.10 Å². The number of aliphatic hydroxyl groups excluding tert-OH is 1. The first-order chi connectivity index (χ1) is 12.5. The van der Waals surface area contributed by atoms with Gasteiger partial charge in [-0.15, -0.1) is 0 Å². The summed E-state index contributed by atoms with van der Waals surface area (Å²) in [6, 6.07) is 5.75. The van der Waals surface area contributed by atoms with E-state index in [4.69, 9.17) is 11.6 Å². The summed E-state index contributed by atoms with van der Waals surface area (Å²) in [5, 5.41) is 17.4. The van der Waals surface area contributed by atoms with Crippen molar-refractivity contribution in [1.29, 1.82) is 0 Å². The normalized spacial score (nSPS) is 20.3. The minimum absolute atomic E-state index is 0.176. The first-order valence-electron chi connectivity index (χ1n) is 8.55. The van der Waals surface area contributed by atoms with Gasteiger partial charge in [-0.1, -0.05) is 22.9 Å². The SMILES string of the molecule is Cc1cc(Nc2nc3ccc(Cl)nc3s2)nc(N[C@H]2CC[C@H](O)CC2)n1. The van der Waals surface area contributed by atoms with Gasteiger partial charge in [-0.2, -0.15) is 4.98 Å². The van der Waals surface area contributed by atoms with Crippen LogP contribution in [0.3, 0.4) is 0 Å². The predicted octanol–water partition coefficient (Wildman–Crippen LogP) is 3.90. The minimum atomic E-state index is -0.176. The first-order valence-corrected chi connectivity index (χ1v) is 9.75. The Morgan fingerprint density at radius 1 is 1.12 bits per heavy atom. The zero-order valence-electron chi connectivity index (χ0n) is 14.2. The van der Waals surface area contributed by atoms with Crippen LogP contribution in [0.4, 0.5) is 16.9 Å². The molecule has 1 saturated carbocycles. The van der Waals surface area contributed by atoms with Crippen molar-refractivity contribution in [3.8, 4) is 0 Å². The highest BCUT2D eigenvalue weighted by Gasteiger charge is 2.20. The lowest BCUT2D eigenvalue weighted by atomic mass is 9.93. The molecule has 0 saturated heterocycles. The molecule has 1 aliphatic carbocycles. The van der Waals surface area contributed by atoms with Crippen LogP contribution in [0.15, 0.2) is 18.2 Å². The molecule has 0 radical (unpaired) electrons. The van der Waals surface area contributed by atoms with Gasteiger partial charge in [0.1, 0.15) is 21.3 Å². The van der Waals surface area contributed by atoms with Crippen molar-refractivity contribution >= 4 is 50.2 Å². The molecule has 0 atom stereocenters. The fourth-order valence-corrected chi connectivity index (χ4v) is 4.10. The van der Waals surface area contributed by atoms with E-state index in [2.05, 4.69) is 30.6 Å². The Morgan fingerprint density at radius 2 is 1.92 bits per heavy atom. The molecule has 0 aliphatic heterocycles. The summed E-state index contributed by atoms with van der Waals surface area (Å²) in [5.74, 6) is 1.28. The van der Waals surface area contributed by atoms with Gasteiger partial charge in [-0.25, -0.2) is 15.0 Å². The zero-order chi connectivity index (χ0) is 18.1. The molecule has 0 amide bonds. The summed E-state index contributed by atoms with van der Waals surface area (Å²) in [7, 11) is 0. The van der Waals surface area contributed by atoms with Gasteiger partial charge >= 0.3 is 0 Å². The van der Waals surface area contributed by atoms with E-state index in [1.807, 2.05) is 19.1 Å². The maximum Gasteiger partial charge on any atom is 0.225 e. The number of aliphatic hydroxyl groups is 1. The van der Waals surface area contributed by atoms with Crippen molar-refractivity contribution < 1.29 is 5.11 Å². The lowest BCUT2D eigenvalue weighted by molar-refractivity contribution is 0.126. The number of aryl methyl sites for hydroxylation is 1. The molecule has 3 N–H and O–H groups in total. The molecule has 136 valence electrons. The highest BCUT2D eigenvalue weighted by molar-refractivity contribution is 7.21. The van der Waals surface area contributed by atoms with Gasteiger partial charge in [0.15, 0.2) is 5.13 Å². The standard InChI is InChI=1S/C17H19ClN6OS/c1-9-8-14(23-16(19-9)20-10-2-4-11(25)5-3-10)24-17-21-12-6-7-13(18)22-15(12)26-17/h6-8,10-11,25H,2-5H2,1H3,(H2,19,20,21,23,24)/t10-,11-. The van der Waals surface area contributed by atoms with E-state index in [1.165, 1.54) is 11.3 Å². The molecule has 0 bridgehead atoms. The van der Waals surface area contributed by atoms with Crippen molar-refractivity contribution in [2.24, 2.45) is 0 Å². The highest BCUT2D eigenvalue weighted by Crippen LogP contribution is 2.28. The topological polar surface area (TPSA) is 95.9 Å². The molecule has 1 aliphatic rings. The molecule has 4 rings (SSSR count). The van der Waals surface area contributed by atoms with Crippen LogP contribution in [-0.2, 0) is 0 Å². The Balaban J connectivity index is 1.51. The second kappa shape index (κ2) is 7.30. The smallest absolute Gasteiger partial charge is 0.225 e. The van der Waals surface area contributed by atoms with E-state index in [0.29, 0.717) is 28.1 Å². The molecule has 1 fully saturated rings.